The number of rotatable bonds is 10. The minimum Gasteiger partial charge on any atom is -0.497 e. The summed E-state index contributed by atoms with van der Waals surface area (Å²) >= 11 is 0. The fourth-order valence-electron chi connectivity index (χ4n) is 3.02. The summed E-state index contributed by atoms with van der Waals surface area (Å²) in [5.41, 5.74) is 2.46. The van der Waals surface area contributed by atoms with E-state index in [1.165, 1.54) is 0 Å². The molecule has 6 heteroatoms. The molecule has 0 radical (unpaired) electrons. The Morgan fingerprint density at radius 1 is 0.839 bits per heavy atom. The number of ether oxygens (including phenoxy) is 4. The molecule has 0 aliphatic heterocycles. The van der Waals surface area contributed by atoms with Crippen LogP contribution in [0.1, 0.15) is 13.3 Å². The van der Waals surface area contributed by atoms with Gasteiger partial charge in [0.15, 0.2) is 18.1 Å². The zero-order chi connectivity index (χ0) is 22.1. The maximum Gasteiger partial charge on any atom is 0.262 e. The first-order valence-corrected chi connectivity index (χ1v) is 10.1. The van der Waals surface area contributed by atoms with Crippen molar-refractivity contribution >= 4 is 11.6 Å². The van der Waals surface area contributed by atoms with Crippen LogP contribution in [0.2, 0.25) is 0 Å². The predicted molar refractivity (Wildman–Crippen MR) is 121 cm³/mol. The molecule has 0 atom stereocenters. The average Bonchev–Trinajstić information content (AvgIpc) is 2.82. The number of carbonyl (C=O) groups is 1. The van der Waals surface area contributed by atoms with Crippen molar-refractivity contribution in [2.45, 2.75) is 13.3 Å². The molecule has 3 rings (SSSR count). The van der Waals surface area contributed by atoms with Crippen LogP contribution in [-0.4, -0.2) is 33.3 Å². The Balaban J connectivity index is 1.69. The van der Waals surface area contributed by atoms with Gasteiger partial charge in [0, 0.05) is 11.3 Å². The summed E-state index contributed by atoms with van der Waals surface area (Å²) < 4.78 is 22.0. The van der Waals surface area contributed by atoms with Crippen LogP contribution in [0.5, 0.6) is 23.0 Å². The molecular weight excluding hydrogens is 394 g/mol. The fourth-order valence-corrected chi connectivity index (χ4v) is 3.02. The number of hydrogen-bond donors (Lipinski definition) is 1. The van der Waals surface area contributed by atoms with E-state index in [9.17, 15) is 4.79 Å². The second-order valence-electron chi connectivity index (χ2n) is 6.78. The molecule has 0 spiro atoms. The molecule has 0 fully saturated rings. The molecule has 0 unspecified atom stereocenters. The van der Waals surface area contributed by atoms with Crippen molar-refractivity contribution in [2.75, 3.05) is 32.8 Å². The molecule has 0 heterocycles. The lowest BCUT2D eigenvalue weighted by Gasteiger charge is -2.14. The highest BCUT2D eigenvalue weighted by molar-refractivity contribution is 5.93. The standard InChI is InChI=1S/C25H27NO5/c1-4-15-30-23-7-5-6-8-24(23)31-17-25(27)26-19-11-14-22(29-3)21(16-19)18-9-12-20(28-2)13-10-18/h5-14,16H,4,15,17H2,1-3H3,(H,26,27). The van der Waals surface area contributed by atoms with Crippen LogP contribution >= 0.6 is 0 Å². The summed E-state index contributed by atoms with van der Waals surface area (Å²) in [6.07, 6.45) is 0.892. The van der Waals surface area contributed by atoms with Gasteiger partial charge in [-0.2, -0.15) is 0 Å². The van der Waals surface area contributed by atoms with Gasteiger partial charge in [-0.05, 0) is 54.4 Å². The van der Waals surface area contributed by atoms with E-state index in [-0.39, 0.29) is 12.5 Å². The maximum absolute atomic E-state index is 12.5. The van der Waals surface area contributed by atoms with E-state index in [2.05, 4.69) is 5.32 Å². The van der Waals surface area contributed by atoms with Crippen molar-refractivity contribution in [3.8, 4) is 34.1 Å². The molecule has 0 aliphatic carbocycles. The Labute approximate surface area is 182 Å². The van der Waals surface area contributed by atoms with E-state index >= 15 is 0 Å². The summed E-state index contributed by atoms with van der Waals surface area (Å²) in [6, 6.07) is 20.5. The summed E-state index contributed by atoms with van der Waals surface area (Å²) in [6.45, 7) is 2.49. The van der Waals surface area contributed by atoms with E-state index in [1.807, 2.05) is 61.5 Å². The van der Waals surface area contributed by atoms with Gasteiger partial charge in [0.25, 0.3) is 5.91 Å². The van der Waals surface area contributed by atoms with Gasteiger partial charge in [-0.1, -0.05) is 31.2 Å². The van der Waals surface area contributed by atoms with Gasteiger partial charge in [-0.3, -0.25) is 4.79 Å². The predicted octanol–water partition coefficient (Wildman–Crippen LogP) is 5.18. The van der Waals surface area contributed by atoms with Crippen LogP contribution in [0.25, 0.3) is 11.1 Å². The first-order chi connectivity index (χ1) is 15.1. The van der Waals surface area contributed by atoms with Crippen molar-refractivity contribution in [1.29, 1.82) is 0 Å². The zero-order valence-electron chi connectivity index (χ0n) is 18.0. The second kappa shape index (κ2) is 10.9. The number of amides is 1. The molecule has 3 aromatic rings. The van der Waals surface area contributed by atoms with Gasteiger partial charge in [0.2, 0.25) is 0 Å². The summed E-state index contributed by atoms with van der Waals surface area (Å²) in [5, 5.41) is 2.87. The number of hydrogen-bond acceptors (Lipinski definition) is 5. The van der Waals surface area contributed by atoms with Gasteiger partial charge in [0.05, 0.1) is 20.8 Å². The van der Waals surface area contributed by atoms with Crippen molar-refractivity contribution in [3.05, 3.63) is 66.7 Å². The van der Waals surface area contributed by atoms with Crippen molar-refractivity contribution in [1.82, 2.24) is 0 Å². The molecule has 0 saturated heterocycles. The Kier molecular flexibility index (Phi) is 7.76. The topological polar surface area (TPSA) is 66.0 Å². The lowest BCUT2D eigenvalue weighted by Crippen LogP contribution is -2.20. The molecule has 0 saturated carbocycles. The summed E-state index contributed by atoms with van der Waals surface area (Å²) in [4.78, 5) is 12.5. The molecule has 162 valence electrons. The van der Waals surface area contributed by atoms with E-state index in [1.54, 1.807) is 26.4 Å². The zero-order valence-corrected chi connectivity index (χ0v) is 18.0. The second-order valence-corrected chi connectivity index (χ2v) is 6.78. The van der Waals surface area contributed by atoms with Gasteiger partial charge in [0.1, 0.15) is 11.5 Å². The third-order valence-electron chi connectivity index (χ3n) is 4.55. The molecule has 1 N–H and O–H groups in total. The first kappa shape index (κ1) is 22.0. The maximum atomic E-state index is 12.5. The highest BCUT2D eigenvalue weighted by atomic mass is 16.5. The van der Waals surface area contributed by atoms with Crippen LogP contribution in [0.15, 0.2) is 66.7 Å². The van der Waals surface area contributed by atoms with Gasteiger partial charge < -0.3 is 24.3 Å². The minimum absolute atomic E-state index is 0.129. The Bertz CT molecular complexity index is 1000. The number of methoxy groups -OCH3 is 2. The molecule has 6 nitrogen and oxygen atoms in total. The SMILES string of the molecule is CCCOc1ccccc1OCC(=O)Nc1ccc(OC)c(-c2ccc(OC)cc2)c1. The van der Waals surface area contributed by atoms with Crippen molar-refractivity contribution < 1.29 is 23.7 Å². The van der Waals surface area contributed by atoms with E-state index in [0.717, 1.165) is 23.3 Å². The number of anilines is 1. The lowest BCUT2D eigenvalue weighted by molar-refractivity contribution is -0.118. The van der Waals surface area contributed by atoms with E-state index in [4.69, 9.17) is 18.9 Å². The van der Waals surface area contributed by atoms with Gasteiger partial charge >= 0.3 is 0 Å². The van der Waals surface area contributed by atoms with Crippen LogP contribution in [-0.2, 0) is 4.79 Å². The third-order valence-corrected chi connectivity index (χ3v) is 4.55. The number of nitrogens with one attached hydrogen (secondary N) is 1. The van der Waals surface area contributed by atoms with Gasteiger partial charge in [-0.15, -0.1) is 0 Å². The van der Waals surface area contributed by atoms with Crippen molar-refractivity contribution in [3.63, 3.8) is 0 Å². The van der Waals surface area contributed by atoms with Gasteiger partial charge in [-0.25, -0.2) is 0 Å². The smallest absolute Gasteiger partial charge is 0.262 e. The number of carbonyl (C=O) groups excluding carboxylic acids is 1. The largest absolute Gasteiger partial charge is 0.497 e. The van der Waals surface area contributed by atoms with Crippen LogP contribution in [0, 0.1) is 0 Å². The fraction of sp³-hybridized carbons (Fsp3) is 0.240. The van der Waals surface area contributed by atoms with Crippen LogP contribution in [0.4, 0.5) is 5.69 Å². The lowest BCUT2D eigenvalue weighted by atomic mass is 10.0. The third kappa shape index (κ3) is 5.92. The monoisotopic (exact) mass is 421 g/mol. The highest BCUT2D eigenvalue weighted by Crippen LogP contribution is 2.33. The minimum atomic E-state index is -0.267. The Morgan fingerprint density at radius 3 is 2.19 bits per heavy atom. The molecule has 3 aromatic carbocycles. The number of para-hydroxylation sites is 2. The molecule has 0 aliphatic rings. The van der Waals surface area contributed by atoms with Crippen molar-refractivity contribution in [2.24, 2.45) is 0 Å². The molecule has 0 bridgehead atoms. The normalized spacial score (nSPS) is 10.3. The highest BCUT2D eigenvalue weighted by Gasteiger charge is 2.11. The quantitative estimate of drug-likeness (QED) is 0.489. The number of benzene rings is 3. The molecule has 0 aromatic heterocycles. The first-order valence-electron chi connectivity index (χ1n) is 10.1. The summed E-state index contributed by atoms with van der Waals surface area (Å²) in [7, 11) is 3.24. The van der Waals surface area contributed by atoms with Crippen LogP contribution in [0.3, 0.4) is 0 Å². The Morgan fingerprint density at radius 2 is 1.55 bits per heavy atom. The van der Waals surface area contributed by atoms with E-state index < -0.39 is 0 Å². The molecule has 31 heavy (non-hydrogen) atoms. The van der Waals surface area contributed by atoms with E-state index in [0.29, 0.717) is 29.5 Å². The average molecular weight is 421 g/mol. The summed E-state index contributed by atoms with van der Waals surface area (Å²) in [5.74, 6) is 2.38. The molecule has 1 amide bonds. The Hall–Kier alpha value is -3.67. The molecular formula is C25H27NO5. The van der Waals surface area contributed by atoms with Crippen LogP contribution < -0.4 is 24.3 Å².